The number of fused-ring (bicyclic) bond motifs is 3. The van der Waals surface area contributed by atoms with Crippen molar-refractivity contribution in [3.05, 3.63) is 0 Å². The van der Waals surface area contributed by atoms with Crippen LogP contribution in [0.25, 0.3) is 0 Å². The van der Waals surface area contributed by atoms with Crippen molar-refractivity contribution in [1.29, 1.82) is 0 Å². The largest absolute Gasteiger partial charge is 0.393 e. The third-order valence-corrected chi connectivity index (χ3v) is 9.29. The predicted molar refractivity (Wildman–Crippen MR) is 111 cm³/mol. The lowest BCUT2D eigenvalue weighted by atomic mass is 9.45. The van der Waals surface area contributed by atoms with Crippen LogP contribution in [0.5, 0.6) is 0 Å². The molecule has 3 rings (SSSR count). The van der Waals surface area contributed by atoms with E-state index in [9.17, 15) is 5.11 Å². The van der Waals surface area contributed by atoms with Crippen LogP contribution in [-0.2, 0) is 9.47 Å². The number of aliphatic hydroxyl groups excluding tert-OH is 1. The van der Waals surface area contributed by atoms with E-state index in [4.69, 9.17) is 9.47 Å². The summed E-state index contributed by atoms with van der Waals surface area (Å²) in [4.78, 5) is 0. The van der Waals surface area contributed by atoms with Crippen LogP contribution in [0.4, 0.5) is 0 Å². The van der Waals surface area contributed by atoms with Crippen molar-refractivity contribution in [3.63, 3.8) is 0 Å². The first-order valence-corrected chi connectivity index (χ1v) is 11.6. The van der Waals surface area contributed by atoms with Gasteiger partial charge in [0.05, 0.1) is 12.7 Å². The van der Waals surface area contributed by atoms with E-state index in [1.807, 2.05) is 21.1 Å². The molecule has 3 fully saturated rings. The van der Waals surface area contributed by atoms with E-state index in [-0.39, 0.29) is 6.10 Å². The number of hydrogen-bond donors (Lipinski definition) is 1. The van der Waals surface area contributed by atoms with Gasteiger partial charge in [0.1, 0.15) is 0 Å². The first kappa shape index (κ1) is 21.6. The molecule has 0 spiro atoms. The van der Waals surface area contributed by atoms with Gasteiger partial charge in [-0.2, -0.15) is 0 Å². The molecule has 8 unspecified atom stereocenters. The second kappa shape index (κ2) is 8.71. The monoisotopic (exact) mass is 380 g/mol. The minimum absolute atomic E-state index is 0.158. The summed E-state index contributed by atoms with van der Waals surface area (Å²) in [6.45, 7) is 8.67. The Kier molecular flexibility index (Phi) is 6.97. The number of methoxy groups -OCH3 is 2. The maximum atomic E-state index is 10.4. The summed E-state index contributed by atoms with van der Waals surface area (Å²) >= 11 is 0. The highest BCUT2D eigenvalue weighted by Crippen LogP contribution is 2.67. The molecular formula is C24H44O3. The Morgan fingerprint density at radius 1 is 1.04 bits per heavy atom. The van der Waals surface area contributed by atoms with Crippen molar-refractivity contribution >= 4 is 0 Å². The smallest absolute Gasteiger partial charge is 0.0545 e. The van der Waals surface area contributed by atoms with Crippen LogP contribution >= 0.6 is 0 Å². The van der Waals surface area contributed by atoms with Crippen LogP contribution in [0, 0.1) is 40.4 Å². The first-order valence-electron chi connectivity index (χ1n) is 11.6. The Balaban J connectivity index is 1.90. The third kappa shape index (κ3) is 3.62. The molecule has 0 amide bonds. The van der Waals surface area contributed by atoms with Gasteiger partial charge in [-0.05, 0) is 98.7 Å². The molecule has 1 N–H and O–H groups in total. The maximum Gasteiger partial charge on any atom is 0.0545 e. The Morgan fingerprint density at radius 3 is 2.44 bits per heavy atom. The van der Waals surface area contributed by atoms with Crippen LogP contribution in [0.15, 0.2) is 0 Å². The standard InChI is InChI=1S/C24H44O3/c1-6-13-24(16-27-5)18(12-15-26-4)7-8-19-21-10-9-20(17(2)25)23(21,3)14-11-22(19)24/h17-22,25H,6-16H2,1-5H3. The zero-order valence-electron chi connectivity index (χ0n) is 18.5. The topological polar surface area (TPSA) is 38.7 Å². The summed E-state index contributed by atoms with van der Waals surface area (Å²) in [5.41, 5.74) is 0.676. The van der Waals surface area contributed by atoms with E-state index < -0.39 is 0 Å². The van der Waals surface area contributed by atoms with Crippen molar-refractivity contribution in [1.82, 2.24) is 0 Å². The van der Waals surface area contributed by atoms with Gasteiger partial charge in [-0.1, -0.05) is 20.3 Å². The zero-order chi connectivity index (χ0) is 19.7. The van der Waals surface area contributed by atoms with E-state index in [0.717, 1.165) is 36.9 Å². The highest BCUT2D eigenvalue weighted by molar-refractivity contribution is 5.09. The molecule has 0 aromatic rings. The average Bonchev–Trinajstić information content (AvgIpc) is 2.99. The molecule has 0 radical (unpaired) electrons. The molecule has 0 bridgehead atoms. The fraction of sp³-hybridized carbons (Fsp3) is 1.00. The van der Waals surface area contributed by atoms with E-state index in [1.165, 1.54) is 57.8 Å². The molecule has 8 atom stereocenters. The van der Waals surface area contributed by atoms with Crippen molar-refractivity contribution in [2.24, 2.45) is 40.4 Å². The number of hydrogen-bond acceptors (Lipinski definition) is 3. The molecule has 0 heterocycles. The van der Waals surface area contributed by atoms with Crippen LogP contribution < -0.4 is 0 Å². The molecule has 0 aromatic heterocycles. The van der Waals surface area contributed by atoms with Gasteiger partial charge in [0.15, 0.2) is 0 Å². The van der Waals surface area contributed by atoms with Crippen LogP contribution in [0.1, 0.15) is 78.6 Å². The van der Waals surface area contributed by atoms with Gasteiger partial charge in [-0.15, -0.1) is 0 Å². The number of aliphatic hydroxyl groups is 1. The lowest BCUT2D eigenvalue weighted by Gasteiger charge is -2.60. The summed E-state index contributed by atoms with van der Waals surface area (Å²) in [7, 11) is 3.74. The van der Waals surface area contributed by atoms with Crippen LogP contribution in [0.2, 0.25) is 0 Å². The Bertz CT molecular complexity index is 470. The van der Waals surface area contributed by atoms with Gasteiger partial charge in [0, 0.05) is 20.8 Å². The van der Waals surface area contributed by atoms with Crippen molar-refractivity contribution < 1.29 is 14.6 Å². The minimum Gasteiger partial charge on any atom is -0.393 e. The zero-order valence-corrected chi connectivity index (χ0v) is 18.5. The minimum atomic E-state index is -0.158. The quantitative estimate of drug-likeness (QED) is 0.620. The Morgan fingerprint density at radius 2 is 1.81 bits per heavy atom. The molecule has 3 aliphatic carbocycles. The highest BCUT2D eigenvalue weighted by Gasteiger charge is 2.60. The van der Waals surface area contributed by atoms with Gasteiger partial charge in [-0.25, -0.2) is 0 Å². The summed E-state index contributed by atoms with van der Waals surface area (Å²) in [6.07, 6.45) is 11.4. The Labute approximate surface area is 167 Å². The Hall–Kier alpha value is -0.120. The van der Waals surface area contributed by atoms with E-state index in [1.54, 1.807) is 0 Å². The molecule has 3 aliphatic rings. The fourth-order valence-corrected chi connectivity index (χ4v) is 8.33. The first-order chi connectivity index (χ1) is 12.9. The molecule has 3 nitrogen and oxygen atoms in total. The van der Waals surface area contributed by atoms with Crippen LogP contribution in [0.3, 0.4) is 0 Å². The van der Waals surface area contributed by atoms with Gasteiger partial charge in [0.2, 0.25) is 0 Å². The molecule has 158 valence electrons. The normalized spacial score (nSPS) is 45.3. The molecule has 3 saturated carbocycles. The van der Waals surface area contributed by atoms with Gasteiger partial charge < -0.3 is 14.6 Å². The predicted octanol–water partition coefficient (Wildman–Crippen LogP) is 5.31. The third-order valence-electron chi connectivity index (χ3n) is 9.29. The average molecular weight is 381 g/mol. The van der Waals surface area contributed by atoms with Gasteiger partial charge >= 0.3 is 0 Å². The number of ether oxygens (including phenoxy) is 2. The lowest BCUT2D eigenvalue weighted by Crippen LogP contribution is -2.55. The highest BCUT2D eigenvalue weighted by atomic mass is 16.5. The second-order valence-electron chi connectivity index (χ2n) is 10.3. The van der Waals surface area contributed by atoms with Crippen molar-refractivity contribution in [2.45, 2.75) is 84.7 Å². The molecule has 0 aliphatic heterocycles. The summed E-state index contributed by atoms with van der Waals surface area (Å²) < 4.78 is 11.4. The van der Waals surface area contributed by atoms with Gasteiger partial charge in [-0.3, -0.25) is 0 Å². The SMILES string of the molecule is CCCC1(COC)C(CCOC)CCC2C3CCC(C(C)O)C3(C)CCC21. The van der Waals surface area contributed by atoms with E-state index in [0.29, 0.717) is 16.7 Å². The summed E-state index contributed by atoms with van der Waals surface area (Å²) in [5, 5.41) is 10.4. The second-order valence-corrected chi connectivity index (χ2v) is 10.3. The van der Waals surface area contributed by atoms with Crippen molar-refractivity contribution in [3.8, 4) is 0 Å². The summed E-state index contributed by atoms with van der Waals surface area (Å²) in [6, 6.07) is 0. The lowest BCUT2D eigenvalue weighted by molar-refractivity contribution is -0.142. The number of rotatable bonds is 8. The van der Waals surface area contributed by atoms with Crippen molar-refractivity contribution in [2.75, 3.05) is 27.4 Å². The molecule has 0 saturated heterocycles. The molecule has 0 aromatic carbocycles. The van der Waals surface area contributed by atoms with E-state index in [2.05, 4.69) is 13.8 Å². The molecule has 3 heteroatoms. The summed E-state index contributed by atoms with van der Waals surface area (Å²) in [5.74, 6) is 3.65. The van der Waals surface area contributed by atoms with E-state index >= 15 is 0 Å². The molecule has 27 heavy (non-hydrogen) atoms. The van der Waals surface area contributed by atoms with Gasteiger partial charge in [0.25, 0.3) is 0 Å². The fourth-order valence-electron chi connectivity index (χ4n) is 8.33. The molecular weight excluding hydrogens is 336 g/mol. The van der Waals surface area contributed by atoms with Crippen LogP contribution in [-0.4, -0.2) is 38.6 Å². The maximum absolute atomic E-state index is 10.4.